The number of benzene rings is 2. The van der Waals surface area contributed by atoms with Crippen LogP contribution >= 0.6 is 39.9 Å². The second-order valence-corrected chi connectivity index (χ2v) is 9.87. The second-order valence-electron chi connectivity index (χ2n) is 7.34. The first-order chi connectivity index (χ1) is 15.5. The number of hydrogen-bond donors (Lipinski definition) is 0. The van der Waals surface area contributed by atoms with Gasteiger partial charge in [0, 0.05) is 12.2 Å². The monoisotopic (exact) mass is 537 g/mol. The van der Waals surface area contributed by atoms with E-state index in [1.807, 2.05) is 6.07 Å². The summed E-state index contributed by atoms with van der Waals surface area (Å²) in [5.74, 6) is 0.477. The zero-order valence-electron chi connectivity index (χ0n) is 17.3. The van der Waals surface area contributed by atoms with Crippen molar-refractivity contribution in [1.82, 2.24) is 4.90 Å². The molecule has 9 heteroatoms. The lowest BCUT2D eigenvalue weighted by atomic mass is 10.1. The number of amides is 1. The number of thiocarbonyl (C=S) groups is 1. The molecule has 0 unspecified atom stereocenters. The normalized spacial score (nSPS) is 19.8. The van der Waals surface area contributed by atoms with Gasteiger partial charge in [-0.25, -0.2) is 4.39 Å². The average molecular weight is 538 g/mol. The van der Waals surface area contributed by atoms with Gasteiger partial charge in [-0.3, -0.25) is 9.69 Å². The van der Waals surface area contributed by atoms with Crippen LogP contribution in [0.2, 0.25) is 0 Å². The van der Waals surface area contributed by atoms with Crippen LogP contribution in [0.4, 0.5) is 4.39 Å². The van der Waals surface area contributed by atoms with Gasteiger partial charge in [0.2, 0.25) is 0 Å². The Morgan fingerprint density at radius 3 is 2.91 bits per heavy atom. The van der Waals surface area contributed by atoms with Crippen LogP contribution in [-0.2, 0) is 16.1 Å². The summed E-state index contributed by atoms with van der Waals surface area (Å²) in [5, 5.41) is 0. The molecule has 4 rings (SSSR count). The van der Waals surface area contributed by atoms with Gasteiger partial charge in [-0.15, -0.1) is 0 Å². The summed E-state index contributed by atoms with van der Waals surface area (Å²) in [6.45, 7) is 1.27. The van der Waals surface area contributed by atoms with Crippen molar-refractivity contribution in [3.05, 3.63) is 62.7 Å². The standard InChI is InChI=1S/C23H21BrFNO4S2/c1-28-19-10-14(9-17(24)21(19)30-13-15-5-2-3-7-18(15)25)11-20-22(27)26(23(31)32-20)12-16-6-4-8-29-16/h2-3,5,7,9-11,16H,4,6,8,12-13H2,1H3/b20-11-/t16-/m1/s1. The number of rotatable bonds is 7. The molecule has 2 aromatic rings. The Morgan fingerprint density at radius 2 is 2.19 bits per heavy atom. The fraction of sp³-hybridized carbons (Fsp3) is 0.304. The smallest absolute Gasteiger partial charge is 0.266 e. The zero-order valence-corrected chi connectivity index (χ0v) is 20.5. The molecule has 32 heavy (non-hydrogen) atoms. The van der Waals surface area contributed by atoms with Crippen molar-refractivity contribution in [2.75, 3.05) is 20.3 Å². The van der Waals surface area contributed by atoms with Gasteiger partial charge in [-0.05, 0) is 58.6 Å². The Kier molecular flexibility index (Phi) is 7.50. The maximum absolute atomic E-state index is 13.9. The maximum atomic E-state index is 13.9. The molecule has 2 aromatic carbocycles. The molecule has 5 nitrogen and oxygen atoms in total. The lowest BCUT2D eigenvalue weighted by Gasteiger charge is -2.18. The molecule has 0 radical (unpaired) electrons. The number of hydrogen-bond acceptors (Lipinski definition) is 6. The van der Waals surface area contributed by atoms with E-state index in [1.54, 1.807) is 35.2 Å². The first-order valence-electron chi connectivity index (χ1n) is 10.1. The molecule has 0 aromatic heterocycles. The largest absolute Gasteiger partial charge is 0.493 e. The summed E-state index contributed by atoms with van der Waals surface area (Å²) in [4.78, 5) is 15.1. The first-order valence-corrected chi connectivity index (χ1v) is 12.1. The summed E-state index contributed by atoms with van der Waals surface area (Å²) in [5.41, 5.74) is 1.20. The quantitative estimate of drug-likeness (QED) is 0.340. The third kappa shape index (κ3) is 5.17. The molecule has 2 fully saturated rings. The predicted molar refractivity (Wildman–Crippen MR) is 130 cm³/mol. The molecule has 2 heterocycles. The Morgan fingerprint density at radius 1 is 1.38 bits per heavy atom. The Hall–Kier alpha value is -1.94. The van der Waals surface area contributed by atoms with Crippen LogP contribution in [0.5, 0.6) is 11.5 Å². The number of thioether (sulfide) groups is 1. The highest BCUT2D eigenvalue weighted by Crippen LogP contribution is 2.39. The van der Waals surface area contributed by atoms with Gasteiger partial charge in [0.25, 0.3) is 5.91 Å². The molecule has 0 saturated carbocycles. The van der Waals surface area contributed by atoms with E-state index in [2.05, 4.69) is 15.9 Å². The van der Waals surface area contributed by atoms with Crippen molar-refractivity contribution >= 4 is 56.2 Å². The number of methoxy groups -OCH3 is 1. The van der Waals surface area contributed by atoms with E-state index < -0.39 is 0 Å². The van der Waals surface area contributed by atoms with Crippen molar-refractivity contribution in [3.8, 4) is 11.5 Å². The van der Waals surface area contributed by atoms with E-state index in [4.69, 9.17) is 26.4 Å². The zero-order chi connectivity index (χ0) is 22.7. The summed E-state index contributed by atoms with van der Waals surface area (Å²) < 4.78 is 32.0. The summed E-state index contributed by atoms with van der Waals surface area (Å²) in [6.07, 6.45) is 3.77. The molecular weight excluding hydrogens is 517 g/mol. The molecule has 168 valence electrons. The van der Waals surface area contributed by atoms with Crippen LogP contribution in [0.3, 0.4) is 0 Å². The molecule has 2 saturated heterocycles. The van der Waals surface area contributed by atoms with Gasteiger partial charge in [-0.1, -0.05) is 42.2 Å². The minimum Gasteiger partial charge on any atom is -0.493 e. The van der Waals surface area contributed by atoms with Gasteiger partial charge >= 0.3 is 0 Å². The topological polar surface area (TPSA) is 48.0 Å². The molecule has 0 N–H and O–H groups in total. The molecule has 0 aliphatic carbocycles. The third-order valence-corrected chi connectivity index (χ3v) is 7.13. The number of carbonyl (C=O) groups excluding carboxylic acids is 1. The van der Waals surface area contributed by atoms with Crippen LogP contribution < -0.4 is 9.47 Å². The maximum Gasteiger partial charge on any atom is 0.266 e. The fourth-order valence-electron chi connectivity index (χ4n) is 3.53. The molecule has 1 amide bonds. The minimum absolute atomic E-state index is 0.0389. The molecule has 2 aliphatic rings. The lowest BCUT2D eigenvalue weighted by molar-refractivity contribution is -0.123. The van der Waals surface area contributed by atoms with Crippen molar-refractivity contribution < 1.29 is 23.4 Å². The Labute approximate surface area is 204 Å². The highest BCUT2D eigenvalue weighted by molar-refractivity contribution is 9.10. The summed E-state index contributed by atoms with van der Waals surface area (Å²) in [7, 11) is 1.53. The van der Waals surface area contributed by atoms with E-state index >= 15 is 0 Å². The van der Waals surface area contributed by atoms with Gasteiger partial charge in [0.15, 0.2) is 11.5 Å². The molecule has 0 spiro atoms. The minimum atomic E-state index is -0.329. The van der Waals surface area contributed by atoms with Crippen LogP contribution in [0.25, 0.3) is 6.08 Å². The highest BCUT2D eigenvalue weighted by atomic mass is 79.9. The molecule has 2 aliphatic heterocycles. The van der Waals surface area contributed by atoms with E-state index in [0.29, 0.717) is 37.3 Å². The van der Waals surface area contributed by atoms with Crippen LogP contribution in [0.15, 0.2) is 45.8 Å². The van der Waals surface area contributed by atoms with Crippen molar-refractivity contribution in [2.45, 2.75) is 25.6 Å². The molecule has 0 bridgehead atoms. The Balaban J connectivity index is 1.52. The molecular formula is C23H21BrFNO4S2. The van der Waals surface area contributed by atoms with Gasteiger partial charge in [-0.2, -0.15) is 0 Å². The number of halogens is 2. The summed E-state index contributed by atoms with van der Waals surface area (Å²) >= 11 is 10.2. The van der Waals surface area contributed by atoms with Crippen LogP contribution in [0, 0.1) is 5.82 Å². The lowest BCUT2D eigenvalue weighted by Crippen LogP contribution is -2.35. The van der Waals surface area contributed by atoms with Crippen LogP contribution in [0.1, 0.15) is 24.0 Å². The number of nitrogens with zero attached hydrogens (tertiary/aromatic N) is 1. The van der Waals surface area contributed by atoms with E-state index in [0.717, 1.165) is 25.0 Å². The molecule has 1 atom stereocenters. The first kappa shape index (κ1) is 23.2. The van der Waals surface area contributed by atoms with Gasteiger partial charge in [0.05, 0.1) is 29.1 Å². The van der Waals surface area contributed by atoms with E-state index in [-0.39, 0.29) is 24.4 Å². The van der Waals surface area contributed by atoms with Crippen molar-refractivity contribution in [1.29, 1.82) is 0 Å². The average Bonchev–Trinajstić information content (AvgIpc) is 3.38. The second kappa shape index (κ2) is 10.3. The fourth-order valence-corrected chi connectivity index (χ4v) is 5.38. The third-order valence-electron chi connectivity index (χ3n) is 5.16. The number of carbonyl (C=O) groups is 1. The van der Waals surface area contributed by atoms with Gasteiger partial charge in [0.1, 0.15) is 16.7 Å². The predicted octanol–water partition coefficient (Wildman–Crippen LogP) is 5.56. The van der Waals surface area contributed by atoms with Gasteiger partial charge < -0.3 is 14.2 Å². The highest BCUT2D eigenvalue weighted by Gasteiger charge is 2.34. The van der Waals surface area contributed by atoms with Crippen molar-refractivity contribution in [2.24, 2.45) is 0 Å². The van der Waals surface area contributed by atoms with Crippen molar-refractivity contribution in [3.63, 3.8) is 0 Å². The van der Waals surface area contributed by atoms with Crippen LogP contribution in [-0.4, -0.2) is 41.5 Å². The Bertz CT molecular complexity index is 1070. The number of ether oxygens (including phenoxy) is 3. The summed E-state index contributed by atoms with van der Waals surface area (Å²) in [6, 6.07) is 10.0. The van der Waals surface area contributed by atoms with E-state index in [9.17, 15) is 9.18 Å². The SMILES string of the molecule is COc1cc(/C=C2\SC(=S)N(C[C@H]3CCCO3)C2=O)cc(Br)c1OCc1ccccc1F. The van der Waals surface area contributed by atoms with E-state index in [1.165, 1.54) is 24.9 Å².